The number of carbonyl (C=O) groups is 4. The molecule has 3 amide bonds. The van der Waals surface area contributed by atoms with Gasteiger partial charge in [0.2, 0.25) is 17.7 Å². The van der Waals surface area contributed by atoms with Gasteiger partial charge >= 0.3 is 5.97 Å². The third-order valence-electron chi connectivity index (χ3n) is 10.4. The number of halogens is 1. The van der Waals surface area contributed by atoms with Crippen molar-refractivity contribution in [2.24, 2.45) is 17.8 Å². The van der Waals surface area contributed by atoms with E-state index in [0.717, 1.165) is 12.8 Å². The second-order valence-electron chi connectivity index (χ2n) is 13.4. The lowest BCUT2D eigenvalue weighted by Gasteiger charge is -2.42. The third kappa shape index (κ3) is 7.28. The molecule has 0 radical (unpaired) electrons. The largest absolute Gasteiger partial charge is 0.455 e. The summed E-state index contributed by atoms with van der Waals surface area (Å²) in [6.07, 6.45) is 5.23. The molecule has 10 atom stereocenters. The van der Waals surface area contributed by atoms with Crippen LogP contribution in [0.15, 0.2) is 55.6 Å². The molecule has 2 N–H and O–H groups in total. The molecule has 3 saturated heterocycles. The molecular weight excluding hydrogens is 678 g/mol. The van der Waals surface area contributed by atoms with Gasteiger partial charge in [-0.05, 0) is 37.7 Å². The van der Waals surface area contributed by atoms with E-state index in [2.05, 4.69) is 41.3 Å². The molecule has 1 aromatic rings. The van der Waals surface area contributed by atoms with E-state index in [-0.39, 0.29) is 60.6 Å². The van der Waals surface area contributed by atoms with Crippen molar-refractivity contribution in [3.8, 4) is 0 Å². The Kier molecular flexibility index (Phi) is 13.1. The van der Waals surface area contributed by atoms with Gasteiger partial charge in [-0.25, -0.2) is 0 Å². The van der Waals surface area contributed by atoms with Crippen molar-refractivity contribution < 1.29 is 33.8 Å². The highest BCUT2D eigenvalue weighted by Gasteiger charge is 2.77. The first-order valence-electron chi connectivity index (χ1n) is 17.3. The van der Waals surface area contributed by atoms with E-state index in [4.69, 9.17) is 9.47 Å². The summed E-state index contributed by atoms with van der Waals surface area (Å²) in [6, 6.07) is 7.32. The summed E-state index contributed by atoms with van der Waals surface area (Å²) in [4.78, 5) is 59.3. The Morgan fingerprint density at radius 3 is 2.52 bits per heavy atom. The van der Waals surface area contributed by atoms with Crippen LogP contribution in [0.4, 0.5) is 0 Å². The first-order valence-corrected chi connectivity index (χ1v) is 18.2. The number of nitrogens with zero attached hydrogens (tertiary/aromatic N) is 2. The average molecular weight is 731 g/mol. The molecule has 0 aliphatic carbocycles. The summed E-state index contributed by atoms with van der Waals surface area (Å²) in [5, 5.41) is 13.5. The molecular formula is C37H52BrN3O7. The number of benzene rings is 1. The summed E-state index contributed by atoms with van der Waals surface area (Å²) in [7, 11) is 0. The van der Waals surface area contributed by atoms with Gasteiger partial charge in [-0.3, -0.25) is 19.2 Å². The van der Waals surface area contributed by atoms with Crippen LogP contribution in [-0.4, -0.2) is 93.0 Å². The van der Waals surface area contributed by atoms with Crippen molar-refractivity contribution in [3.63, 3.8) is 0 Å². The van der Waals surface area contributed by atoms with Gasteiger partial charge in [-0.2, -0.15) is 0 Å². The fourth-order valence-corrected chi connectivity index (χ4v) is 8.73. The lowest BCUT2D eigenvalue weighted by atomic mass is 9.70. The first kappa shape index (κ1) is 37.8. The van der Waals surface area contributed by atoms with Gasteiger partial charge in [0, 0.05) is 23.8 Å². The van der Waals surface area contributed by atoms with E-state index < -0.39 is 47.7 Å². The van der Waals surface area contributed by atoms with Crippen LogP contribution >= 0.6 is 15.9 Å². The van der Waals surface area contributed by atoms with E-state index in [1.165, 1.54) is 4.90 Å². The van der Waals surface area contributed by atoms with E-state index in [1.54, 1.807) is 17.1 Å². The molecule has 3 aliphatic heterocycles. The van der Waals surface area contributed by atoms with Crippen LogP contribution in [0.3, 0.4) is 0 Å². The zero-order valence-corrected chi connectivity index (χ0v) is 30.3. The van der Waals surface area contributed by atoms with Crippen LogP contribution in [0.2, 0.25) is 0 Å². The second kappa shape index (κ2) is 16.6. The topological polar surface area (TPSA) is 125 Å². The van der Waals surface area contributed by atoms with Crippen LogP contribution in [0.25, 0.3) is 0 Å². The number of nitrogens with one attached hydrogen (secondary N) is 1. The maximum Gasteiger partial charge on any atom is 0.313 e. The number of likely N-dealkylation sites (tertiary alicyclic amines) is 1. The summed E-state index contributed by atoms with van der Waals surface area (Å²) in [5.41, 5.74) is -0.608. The molecule has 3 heterocycles. The third-order valence-corrected chi connectivity index (χ3v) is 11.3. The zero-order valence-electron chi connectivity index (χ0n) is 28.7. The highest BCUT2D eigenvalue weighted by molar-refractivity contribution is 9.09. The number of hydrogen-bond acceptors (Lipinski definition) is 7. The number of fused-ring (bicyclic) bond motifs is 1. The number of amides is 3. The summed E-state index contributed by atoms with van der Waals surface area (Å²) >= 11 is 3.74. The molecule has 2 unspecified atom stereocenters. The van der Waals surface area contributed by atoms with Crippen LogP contribution in [0.5, 0.6) is 0 Å². The Balaban J connectivity index is 1.74. The van der Waals surface area contributed by atoms with Crippen LogP contribution < -0.4 is 5.32 Å². The standard InChI is InChI=1S/C37H52BrN3O7/c1-7-11-18-29(43)39-21-28(25-16-13-12-14-17-25)47-36(46)30-31-34(44)41(27(22-42)23(5)10-4)33(37(31)20-26(38)32(30)48-37)35(45)40(19-9-3)24(6)15-8-2/h7,9,12-14,16-17,23-24,26-28,30-33,42H,1,3,8,10-11,15,18-22H2,2,4-6H3,(H,39,43)/t23-,24?,26?,27-,28+,30+,31-,32+,33+,37-/m0/s1. The van der Waals surface area contributed by atoms with Crippen molar-refractivity contribution in [2.45, 2.75) is 107 Å². The highest BCUT2D eigenvalue weighted by atomic mass is 79.9. The van der Waals surface area contributed by atoms with Gasteiger partial charge in [0.15, 0.2) is 0 Å². The Hall–Kier alpha value is -3.02. The van der Waals surface area contributed by atoms with Crippen molar-refractivity contribution in [1.29, 1.82) is 0 Å². The Bertz CT molecular complexity index is 1330. The molecule has 48 heavy (non-hydrogen) atoms. The van der Waals surface area contributed by atoms with E-state index in [0.29, 0.717) is 24.8 Å². The Labute approximate surface area is 293 Å². The van der Waals surface area contributed by atoms with Gasteiger partial charge in [0.05, 0.1) is 37.1 Å². The predicted molar refractivity (Wildman–Crippen MR) is 187 cm³/mol. The number of hydrogen-bond donors (Lipinski definition) is 2. The maximum absolute atomic E-state index is 14.8. The molecule has 4 rings (SSSR count). The lowest BCUT2D eigenvalue weighted by molar-refractivity contribution is -0.161. The molecule has 11 heteroatoms. The van der Waals surface area contributed by atoms with Gasteiger partial charge in [-0.1, -0.05) is 92.0 Å². The molecule has 0 aromatic heterocycles. The normalized spacial score (nSPS) is 28.2. The minimum atomic E-state index is -1.30. The summed E-state index contributed by atoms with van der Waals surface area (Å²) in [5.74, 6) is -3.59. The number of carbonyl (C=O) groups excluding carboxylic acids is 4. The second-order valence-corrected chi connectivity index (χ2v) is 14.6. The van der Waals surface area contributed by atoms with Crippen molar-refractivity contribution >= 4 is 39.6 Å². The molecule has 1 aromatic carbocycles. The van der Waals surface area contributed by atoms with Gasteiger partial charge in [0.1, 0.15) is 17.7 Å². The number of aliphatic hydroxyl groups is 1. The summed E-state index contributed by atoms with van der Waals surface area (Å²) < 4.78 is 12.9. The summed E-state index contributed by atoms with van der Waals surface area (Å²) in [6.45, 7) is 15.5. The molecule has 10 nitrogen and oxygen atoms in total. The van der Waals surface area contributed by atoms with Gasteiger partial charge in [-0.15, -0.1) is 13.2 Å². The number of allylic oxidation sites excluding steroid dienone is 1. The number of alkyl halides is 1. The molecule has 3 aliphatic rings. The fraction of sp³-hybridized carbons (Fsp3) is 0.622. The molecule has 264 valence electrons. The van der Waals surface area contributed by atoms with Crippen molar-refractivity contribution in [3.05, 3.63) is 61.2 Å². The van der Waals surface area contributed by atoms with E-state index in [9.17, 15) is 24.3 Å². The van der Waals surface area contributed by atoms with Crippen LogP contribution in [-0.2, 0) is 28.7 Å². The fourth-order valence-electron chi connectivity index (χ4n) is 7.79. The monoisotopic (exact) mass is 729 g/mol. The van der Waals surface area contributed by atoms with Crippen molar-refractivity contribution in [2.75, 3.05) is 19.7 Å². The lowest BCUT2D eigenvalue weighted by Crippen LogP contribution is -2.61. The molecule has 3 fully saturated rings. The molecule has 0 saturated carbocycles. The van der Waals surface area contributed by atoms with E-state index >= 15 is 0 Å². The van der Waals surface area contributed by atoms with Crippen LogP contribution in [0.1, 0.15) is 77.9 Å². The predicted octanol–water partition coefficient (Wildman–Crippen LogP) is 4.71. The number of esters is 1. The maximum atomic E-state index is 14.8. The zero-order chi connectivity index (χ0) is 35.2. The SMILES string of the molecule is C=CCCC(=O)NC[C@@H](OC(=O)[C@H]1[C@@H]2O[C@@]3(CC2Br)[C@@H]1C(=O)N([C@@H](CO)[C@@H](C)CC)[C@@H]3C(=O)N(CC=C)C(C)CCC)c1ccccc1. The Morgan fingerprint density at radius 1 is 1.21 bits per heavy atom. The number of aliphatic hydroxyl groups excluding tert-OH is 1. The smallest absolute Gasteiger partial charge is 0.313 e. The van der Waals surface area contributed by atoms with E-state index in [1.807, 2.05) is 51.1 Å². The molecule has 1 spiro atoms. The first-order chi connectivity index (χ1) is 23.0. The van der Waals surface area contributed by atoms with Gasteiger partial charge < -0.3 is 29.7 Å². The van der Waals surface area contributed by atoms with Crippen LogP contribution in [0, 0.1) is 17.8 Å². The number of ether oxygens (including phenoxy) is 2. The number of rotatable bonds is 18. The highest BCUT2D eigenvalue weighted by Crippen LogP contribution is 2.61. The average Bonchev–Trinajstić information content (AvgIpc) is 3.68. The van der Waals surface area contributed by atoms with Crippen molar-refractivity contribution in [1.82, 2.24) is 15.1 Å². The van der Waals surface area contributed by atoms with Gasteiger partial charge in [0.25, 0.3) is 0 Å². The molecule has 2 bridgehead atoms. The minimum absolute atomic E-state index is 0.0468. The Morgan fingerprint density at radius 2 is 1.92 bits per heavy atom. The minimum Gasteiger partial charge on any atom is -0.455 e. The quantitative estimate of drug-likeness (QED) is 0.127.